The van der Waals surface area contributed by atoms with Crippen molar-refractivity contribution in [2.75, 3.05) is 0 Å². The SMILES string of the molecule is CC1CCC(NC(=O)N[C@@H](C(=O)O)C(C)C)C(C)C1. The van der Waals surface area contributed by atoms with Gasteiger partial charge >= 0.3 is 12.0 Å². The Bertz CT molecular complexity index is 331. The van der Waals surface area contributed by atoms with Gasteiger partial charge < -0.3 is 15.7 Å². The van der Waals surface area contributed by atoms with E-state index >= 15 is 0 Å². The van der Waals surface area contributed by atoms with Crippen LogP contribution >= 0.6 is 0 Å². The van der Waals surface area contributed by atoms with Gasteiger partial charge in [0.05, 0.1) is 0 Å². The van der Waals surface area contributed by atoms with Crippen molar-refractivity contribution in [1.82, 2.24) is 10.6 Å². The Hall–Kier alpha value is -1.26. The summed E-state index contributed by atoms with van der Waals surface area (Å²) in [4.78, 5) is 22.9. The van der Waals surface area contributed by atoms with Crippen LogP contribution in [0, 0.1) is 17.8 Å². The monoisotopic (exact) mass is 270 g/mol. The molecule has 3 unspecified atom stereocenters. The Balaban J connectivity index is 2.48. The summed E-state index contributed by atoms with van der Waals surface area (Å²) in [6.45, 7) is 7.93. The molecule has 0 aromatic rings. The van der Waals surface area contributed by atoms with Crippen LogP contribution in [-0.2, 0) is 4.79 Å². The molecule has 0 spiro atoms. The second-order valence-corrected chi connectivity index (χ2v) is 6.18. The lowest BCUT2D eigenvalue weighted by Gasteiger charge is -2.33. The van der Waals surface area contributed by atoms with Crippen molar-refractivity contribution in [2.24, 2.45) is 17.8 Å². The smallest absolute Gasteiger partial charge is 0.326 e. The molecule has 0 aromatic heterocycles. The van der Waals surface area contributed by atoms with E-state index in [1.165, 1.54) is 0 Å². The fourth-order valence-corrected chi connectivity index (χ4v) is 2.74. The number of urea groups is 1. The highest BCUT2D eigenvalue weighted by Gasteiger charge is 2.28. The largest absolute Gasteiger partial charge is 0.480 e. The molecule has 1 fully saturated rings. The summed E-state index contributed by atoms with van der Waals surface area (Å²) >= 11 is 0. The predicted octanol–water partition coefficient (Wildman–Crippen LogP) is 2.22. The molecule has 0 bridgehead atoms. The third-order valence-electron chi connectivity index (χ3n) is 3.97. The van der Waals surface area contributed by atoms with Crippen LogP contribution in [0.3, 0.4) is 0 Å². The molecule has 5 nitrogen and oxygen atoms in total. The topological polar surface area (TPSA) is 78.4 Å². The summed E-state index contributed by atoms with van der Waals surface area (Å²) in [5, 5.41) is 14.5. The van der Waals surface area contributed by atoms with Crippen molar-refractivity contribution >= 4 is 12.0 Å². The molecule has 1 saturated carbocycles. The Morgan fingerprint density at radius 1 is 1.21 bits per heavy atom. The van der Waals surface area contributed by atoms with Crippen LogP contribution in [0.25, 0.3) is 0 Å². The second kappa shape index (κ2) is 6.78. The quantitative estimate of drug-likeness (QED) is 0.733. The zero-order valence-electron chi connectivity index (χ0n) is 12.3. The zero-order chi connectivity index (χ0) is 14.6. The molecule has 19 heavy (non-hydrogen) atoms. The Labute approximate surface area is 115 Å². The number of carbonyl (C=O) groups excluding carboxylic acids is 1. The van der Waals surface area contributed by atoms with Crippen molar-refractivity contribution in [3.63, 3.8) is 0 Å². The molecule has 0 aliphatic heterocycles. The first-order valence-electron chi connectivity index (χ1n) is 7.11. The minimum atomic E-state index is -0.990. The van der Waals surface area contributed by atoms with E-state index in [1.807, 2.05) is 0 Å². The number of hydrogen-bond donors (Lipinski definition) is 3. The van der Waals surface area contributed by atoms with Crippen LogP contribution in [0.1, 0.15) is 47.0 Å². The predicted molar refractivity (Wildman–Crippen MR) is 73.9 cm³/mol. The van der Waals surface area contributed by atoms with Gasteiger partial charge in [-0.1, -0.05) is 27.7 Å². The van der Waals surface area contributed by atoms with Crippen molar-refractivity contribution < 1.29 is 14.7 Å². The molecule has 0 aromatic carbocycles. The summed E-state index contributed by atoms with van der Waals surface area (Å²) in [7, 11) is 0. The lowest BCUT2D eigenvalue weighted by Crippen LogP contribution is -2.53. The number of nitrogens with one attached hydrogen (secondary N) is 2. The maximum absolute atomic E-state index is 11.9. The highest BCUT2D eigenvalue weighted by molar-refractivity contribution is 5.82. The highest BCUT2D eigenvalue weighted by Crippen LogP contribution is 2.28. The normalized spacial score (nSPS) is 28.8. The first-order valence-corrected chi connectivity index (χ1v) is 7.11. The average Bonchev–Trinajstić information content (AvgIpc) is 2.29. The molecule has 0 heterocycles. The van der Waals surface area contributed by atoms with Crippen LogP contribution in [0.4, 0.5) is 4.79 Å². The van der Waals surface area contributed by atoms with Gasteiger partial charge in [-0.05, 0) is 37.0 Å². The van der Waals surface area contributed by atoms with E-state index in [0.717, 1.165) is 19.3 Å². The molecule has 1 aliphatic carbocycles. The molecule has 110 valence electrons. The first kappa shape index (κ1) is 15.8. The number of rotatable bonds is 4. The fraction of sp³-hybridized carbons (Fsp3) is 0.857. The standard InChI is InChI=1S/C14H26N2O3/c1-8(2)12(13(17)18)16-14(19)15-11-6-5-9(3)7-10(11)4/h8-12H,5-7H2,1-4H3,(H,17,18)(H2,15,16,19)/t9?,10?,11?,12-/m1/s1. The Kier molecular flexibility index (Phi) is 5.63. The zero-order valence-corrected chi connectivity index (χ0v) is 12.3. The van der Waals surface area contributed by atoms with E-state index in [1.54, 1.807) is 13.8 Å². The van der Waals surface area contributed by atoms with Gasteiger partial charge in [-0.25, -0.2) is 9.59 Å². The molecule has 5 heteroatoms. The van der Waals surface area contributed by atoms with Crippen LogP contribution in [0.15, 0.2) is 0 Å². The van der Waals surface area contributed by atoms with Crippen LogP contribution < -0.4 is 10.6 Å². The number of carbonyl (C=O) groups is 2. The van der Waals surface area contributed by atoms with Gasteiger partial charge in [-0.2, -0.15) is 0 Å². The molecule has 1 aliphatic rings. The minimum Gasteiger partial charge on any atom is -0.480 e. The lowest BCUT2D eigenvalue weighted by molar-refractivity contribution is -0.140. The summed E-state index contributed by atoms with van der Waals surface area (Å²) in [5.74, 6) is 0.0258. The maximum atomic E-state index is 11.9. The molecular formula is C14H26N2O3. The van der Waals surface area contributed by atoms with Crippen LogP contribution in [-0.4, -0.2) is 29.2 Å². The summed E-state index contributed by atoms with van der Waals surface area (Å²) < 4.78 is 0. The number of carboxylic acids is 1. The van der Waals surface area contributed by atoms with E-state index < -0.39 is 12.0 Å². The summed E-state index contributed by atoms with van der Waals surface area (Å²) in [6.07, 6.45) is 3.19. The molecular weight excluding hydrogens is 244 g/mol. The van der Waals surface area contributed by atoms with E-state index in [-0.39, 0.29) is 18.0 Å². The fourth-order valence-electron chi connectivity index (χ4n) is 2.74. The van der Waals surface area contributed by atoms with Crippen molar-refractivity contribution in [3.8, 4) is 0 Å². The van der Waals surface area contributed by atoms with Crippen molar-refractivity contribution in [3.05, 3.63) is 0 Å². The summed E-state index contributed by atoms with van der Waals surface area (Å²) in [5.41, 5.74) is 0. The Morgan fingerprint density at radius 3 is 2.32 bits per heavy atom. The van der Waals surface area contributed by atoms with E-state index in [9.17, 15) is 9.59 Å². The third-order valence-corrected chi connectivity index (χ3v) is 3.97. The molecule has 2 amide bonds. The van der Waals surface area contributed by atoms with E-state index in [2.05, 4.69) is 24.5 Å². The molecule has 4 atom stereocenters. The maximum Gasteiger partial charge on any atom is 0.326 e. The highest BCUT2D eigenvalue weighted by atomic mass is 16.4. The van der Waals surface area contributed by atoms with Crippen molar-refractivity contribution in [1.29, 1.82) is 0 Å². The van der Waals surface area contributed by atoms with Gasteiger partial charge in [-0.3, -0.25) is 0 Å². The number of hydrogen-bond acceptors (Lipinski definition) is 2. The van der Waals surface area contributed by atoms with Crippen molar-refractivity contribution in [2.45, 2.75) is 59.0 Å². The molecule has 0 saturated heterocycles. The first-order chi connectivity index (χ1) is 8.81. The van der Waals surface area contributed by atoms with E-state index in [0.29, 0.717) is 11.8 Å². The van der Waals surface area contributed by atoms with Gasteiger partial charge in [0.25, 0.3) is 0 Å². The minimum absolute atomic E-state index is 0.132. The number of amides is 2. The average molecular weight is 270 g/mol. The van der Waals surface area contributed by atoms with Gasteiger partial charge in [0, 0.05) is 6.04 Å². The summed E-state index contributed by atoms with van der Waals surface area (Å²) in [6, 6.07) is -1.05. The van der Waals surface area contributed by atoms with Gasteiger partial charge in [0.2, 0.25) is 0 Å². The molecule has 1 rings (SSSR count). The lowest BCUT2D eigenvalue weighted by atomic mass is 9.80. The van der Waals surface area contributed by atoms with Gasteiger partial charge in [-0.15, -0.1) is 0 Å². The second-order valence-electron chi connectivity index (χ2n) is 6.18. The Morgan fingerprint density at radius 2 is 1.84 bits per heavy atom. The third kappa shape index (κ3) is 4.73. The number of carboxylic acid groups (broad SMARTS) is 1. The van der Waals surface area contributed by atoms with Gasteiger partial charge in [0.1, 0.15) is 6.04 Å². The molecule has 3 N–H and O–H groups in total. The van der Waals surface area contributed by atoms with Gasteiger partial charge in [0.15, 0.2) is 0 Å². The van der Waals surface area contributed by atoms with Crippen LogP contribution in [0.2, 0.25) is 0 Å². The number of aliphatic carboxylic acids is 1. The van der Waals surface area contributed by atoms with E-state index in [4.69, 9.17) is 5.11 Å². The van der Waals surface area contributed by atoms with Crippen LogP contribution in [0.5, 0.6) is 0 Å². The molecule has 0 radical (unpaired) electrons.